The van der Waals surface area contributed by atoms with Gasteiger partial charge in [0.15, 0.2) is 0 Å². The molecule has 2 atom stereocenters. The lowest BCUT2D eigenvalue weighted by molar-refractivity contribution is 0.181. The Balaban J connectivity index is 2.12. The molecular weight excluding hydrogens is 250 g/mol. The Morgan fingerprint density at radius 1 is 1.45 bits per heavy atom. The smallest absolute Gasteiger partial charge is 0.0378 e. The number of nitrogens with one attached hydrogen (secondary N) is 1. The summed E-state index contributed by atoms with van der Waals surface area (Å²) >= 11 is 0. The lowest BCUT2D eigenvalue weighted by Gasteiger charge is -2.34. The van der Waals surface area contributed by atoms with Gasteiger partial charge in [-0.05, 0) is 58.7 Å². The van der Waals surface area contributed by atoms with E-state index in [0.717, 1.165) is 30.8 Å². The van der Waals surface area contributed by atoms with Crippen LogP contribution in [0.25, 0.3) is 0 Å². The van der Waals surface area contributed by atoms with Gasteiger partial charge in [0.05, 0.1) is 0 Å². The van der Waals surface area contributed by atoms with Crippen molar-refractivity contribution in [3.8, 4) is 0 Å². The molecule has 2 unspecified atom stereocenters. The summed E-state index contributed by atoms with van der Waals surface area (Å²) in [5.74, 6) is 0. The van der Waals surface area contributed by atoms with Crippen molar-refractivity contribution >= 4 is 5.69 Å². The van der Waals surface area contributed by atoms with Gasteiger partial charge in [-0.25, -0.2) is 0 Å². The molecule has 2 rings (SSSR count). The van der Waals surface area contributed by atoms with Gasteiger partial charge in [-0.2, -0.15) is 0 Å². The lowest BCUT2D eigenvalue weighted by Crippen LogP contribution is -2.52. The first-order valence-electron chi connectivity index (χ1n) is 7.36. The van der Waals surface area contributed by atoms with E-state index in [-0.39, 0.29) is 0 Å². The number of nitrogen functional groups attached to an aromatic ring is 1. The number of rotatable bonds is 4. The molecule has 1 saturated heterocycles. The average molecular weight is 277 g/mol. The molecule has 1 fully saturated rings. The van der Waals surface area contributed by atoms with Gasteiger partial charge >= 0.3 is 0 Å². The van der Waals surface area contributed by atoms with Crippen LogP contribution >= 0.6 is 0 Å². The fourth-order valence-electron chi connectivity index (χ4n) is 3.02. The van der Waals surface area contributed by atoms with Crippen molar-refractivity contribution < 1.29 is 0 Å². The second kappa shape index (κ2) is 7.02. The maximum atomic E-state index is 6.05. The van der Waals surface area contributed by atoms with E-state index >= 15 is 0 Å². The second-order valence-electron chi connectivity index (χ2n) is 5.84. The quantitative estimate of drug-likeness (QED) is 0.836. The summed E-state index contributed by atoms with van der Waals surface area (Å²) in [7, 11) is 6.47. The minimum absolute atomic E-state index is 0.382. The highest BCUT2D eigenvalue weighted by atomic mass is 15.2. The molecule has 1 aromatic heterocycles. The first-order chi connectivity index (χ1) is 9.61. The summed E-state index contributed by atoms with van der Waals surface area (Å²) in [6.07, 6.45) is 5.78. The zero-order valence-corrected chi connectivity index (χ0v) is 12.8. The zero-order valence-electron chi connectivity index (χ0n) is 12.8. The molecule has 1 aliphatic heterocycles. The van der Waals surface area contributed by atoms with Gasteiger partial charge in [0.1, 0.15) is 0 Å². The number of hydrogen-bond acceptors (Lipinski definition) is 5. The Labute approximate surface area is 122 Å². The predicted molar refractivity (Wildman–Crippen MR) is 83.7 cm³/mol. The normalized spacial score (nSPS) is 23.4. The molecule has 0 spiro atoms. The van der Waals surface area contributed by atoms with Crippen LogP contribution in [0.5, 0.6) is 0 Å². The van der Waals surface area contributed by atoms with Crippen LogP contribution in [0.2, 0.25) is 0 Å². The van der Waals surface area contributed by atoms with E-state index in [9.17, 15) is 0 Å². The van der Waals surface area contributed by atoms with Crippen LogP contribution in [0, 0.1) is 0 Å². The van der Waals surface area contributed by atoms with Gasteiger partial charge in [-0.3, -0.25) is 4.98 Å². The molecule has 20 heavy (non-hydrogen) atoms. The Hall–Kier alpha value is -1.17. The van der Waals surface area contributed by atoms with Crippen LogP contribution < -0.4 is 11.1 Å². The number of nitrogens with two attached hydrogens (primary N) is 1. The number of aromatic nitrogens is 1. The molecule has 0 bridgehead atoms. The first-order valence-corrected chi connectivity index (χ1v) is 7.36. The maximum absolute atomic E-state index is 6.05. The topological polar surface area (TPSA) is 57.4 Å². The standard InChI is InChI=1S/C15H27N5/c1-17-14(9-12-10-18-6-5-13(12)16)15-11-19(2)7-4-8-20(15)3/h5-6,10,14-15,17H,4,7-9,11H2,1-3H3,(H2,16,18). The number of nitrogens with zero attached hydrogens (tertiary/aromatic N) is 3. The van der Waals surface area contributed by atoms with E-state index in [1.54, 1.807) is 6.20 Å². The number of anilines is 1. The fourth-order valence-corrected chi connectivity index (χ4v) is 3.02. The van der Waals surface area contributed by atoms with Crippen molar-refractivity contribution in [2.45, 2.75) is 24.9 Å². The second-order valence-corrected chi connectivity index (χ2v) is 5.84. The van der Waals surface area contributed by atoms with Crippen molar-refractivity contribution in [2.24, 2.45) is 0 Å². The highest BCUT2D eigenvalue weighted by Gasteiger charge is 2.28. The van der Waals surface area contributed by atoms with Gasteiger partial charge in [0, 0.05) is 36.7 Å². The number of hydrogen-bond donors (Lipinski definition) is 2. The van der Waals surface area contributed by atoms with E-state index in [0.29, 0.717) is 12.1 Å². The summed E-state index contributed by atoms with van der Waals surface area (Å²) in [6, 6.07) is 2.75. The summed E-state index contributed by atoms with van der Waals surface area (Å²) in [4.78, 5) is 9.09. The summed E-state index contributed by atoms with van der Waals surface area (Å²) in [5, 5.41) is 3.47. The van der Waals surface area contributed by atoms with E-state index in [2.05, 4.69) is 34.2 Å². The Bertz CT molecular complexity index is 422. The van der Waals surface area contributed by atoms with Crippen LogP contribution in [-0.2, 0) is 6.42 Å². The summed E-state index contributed by atoms with van der Waals surface area (Å²) < 4.78 is 0. The first kappa shape index (κ1) is 15.2. The molecule has 5 nitrogen and oxygen atoms in total. The third-order valence-electron chi connectivity index (χ3n) is 4.33. The number of pyridine rings is 1. The minimum atomic E-state index is 0.382. The van der Waals surface area contributed by atoms with Crippen LogP contribution in [0.3, 0.4) is 0 Å². The molecule has 1 aromatic rings. The summed E-state index contributed by atoms with van der Waals surface area (Å²) in [5.41, 5.74) is 8.02. The SMILES string of the molecule is CNC(Cc1cnccc1N)C1CN(C)CCCN1C. The van der Waals surface area contributed by atoms with Gasteiger partial charge in [0.2, 0.25) is 0 Å². The molecule has 0 amide bonds. The molecule has 3 N–H and O–H groups in total. The van der Waals surface area contributed by atoms with Gasteiger partial charge < -0.3 is 20.9 Å². The minimum Gasteiger partial charge on any atom is -0.398 e. The highest BCUT2D eigenvalue weighted by molar-refractivity contribution is 5.44. The Kier molecular flexibility index (Phi) is 5.34. The maximum Gasteiger partial charge on any atom is 0.0378 e. The molecule has 5 heteroatoms. The van der Waals surface area contributed by atoms with Gasteiger partial charge in [-0.1, -0.05) is 0 Å². The Morgan fingerprint density at radius 2 is 2.25 bits per heavy atom. The van der Waals surface area contributed by atoms with E-state index in [1.165, 1.54) is 13.0 Å². The molecule has 0 aromatic carbocycles. The molecule has 0 saturated carbocycles. The van der Waals surface area contributed by atoms with Crippen LogP contribution in [-0.4, -0.2) is 67.6 Å². The number of likely N-dealkylation sites (N-methyl/N-ethyl adjacent to an activating group) is 3. The van der Waals surface area contributed by atoms with Crippen LogP contribution in [0.1, 0.15) is 12.0 Å². The fraction of sp³-hybridized carbons (Fsp3) is 0.667. The largest absolute Gasteiger partial charge is 0.398 e. The molecule has 1 aliphatic rings. The molecule has 0 aliphatic carbocycles. The zero-order chi connectivity index (χ0) is 14.5. The van der Waals surface area contributed by atoms with Crippen LogP contribution in [0.4, 0.5) is 5.69 Å². The molecule has 2 heterocycles. The van der Waals surface area contributed by atoms with Gasteiger partial charge in [0.25, 0.3) is 0 Å². The molecule has 112 valence electrons. The van der Waals surface area contributed by atoms with Crippen molar-refractivity contribution in [1.82, 2.24) is 20.1 Å². The lowest BCUT2D eigenvalue weighted by atomic mass is 9.98. The van der Waals surface area contributed by atoms with Crippen molar-refractivity contribution in [3.63, 3.8) is 0 Å². The van der Waals surface area contributed by atoms with Gasteiger partial charge in [-0.15, -0.1) is 0 Å². The van der Waals surface area contributed by atoms with Crippen molar-refractivity contribution in [1.29, 1.82) is 0 Å². The van der Waals surface area contributed by atoms with E-state index < -0.39 is 0 Å². The molecule has 0 radical (unpaired) electrons. The van der Waals surface area contributed by atoms with Crippen molar-refractivity contribution in [2.75, 3.05) is 46.5 Å². The van der Waals surface area contributed by atoms with E-state index in [4.69, 9.17) is 5.73 Å². The highest BCUT2D eigenvalue weighted by Crippen LogP contribution is 2.17. The van der Waals surface area contributed by atoms with Crippen molar-refractivity contribution in [3.05, 3.63) is 24.0 Å². The monoisotopic (exact) mass is 277 g/mol. The summed E-state index contributed by atoms with van der Waals surface area (Å²) in [6.45, 7) is 3.41. The van der Waals surface area contributed by atoms with Crippen LogP contribution in [0.15, 0.2) is 18.5 Å². The predicted octanol–water partition coefficient (Wildman–Crippen LogP) is 0.430. The average Bonchev–Trinajstić information content (AvgIpc) is 2.60. The molecular formula is C15H27N5. The third-order valence-corrected chi connectivity index (χ3v) is 4.33. The third kappa shape index (κ3) is 3.69. The Morgan fingerprint density at radius 3 is 2.95 bits per heavy atom. The van der Waals surface area contributed by atoms with E-state index in [1.807, 2.05) is 19.3 Å².